The number of ether oxygens (including phenoxy) is 1. The van der Waals surface area contributed by atoms with Gasteiger partial charge in [-0.05, 0) is 36.5 Å². The largest absolute Gasteiger partial charge is 0 e. The second-order valence-corrected chi connectivity index (χ2v) is 6.04. The average molecular weight is 442 g/mol. The number of ketones is 1. The van der Waals surface area contributed by atoms with Crippen molar-refractivity contribution in [3.05, 3.63) is 97.8 Å². The number of benzene rings is 2. The van der Waals surface area contributed by atoms with Gasteiger partial charge in [-0.2, -0.15) is 0 Å². The Morgan fingerprint density at radius 1 is 1.07 bits per heavy atom. The Hall–Kier alpha value is -2.60. The summed E-state index contributed by atoms with van der Waals surface area (Å²) in [4.78, 5) is 13.0. The molecule has 1 aliphatic rings. The van der Waals surface area contributed by atoms with Crippen molar-refractivity contribution in [2.45, 2.75) is 25.2 Å². The van der Waals surface area contributed by atoms with Crippen molar-refractivity contribution in [2.75, 3.05) is 7.11 Å². The zero-order chi connectivity index (χ0) is 22.2. The van der Waals surface area contributed by atoms with E-state index in [-0.39, 0.29) is 35.0 Å². The molecule has 0 saturated heterocycles. The molecule has 0 bridgehead atoms. The van der Waals surface area contributed by atoms with Gasteiger partial charge in [0.2, 0.25) is 0 Å². The SMILES string of the molecule is C=CCC(c1ccccc1OC)C1CCc2ccccc2C1=O.[C-]#[O+].[C-]#[O+].[C-]#[O+].[Cr]. The van der Waals surface area contributed by atoms with Crippen LogP contribution in [0.3, 0.4) is 0 Å². The molecule has 0 fully saturated rings. The molecular weight excluding hydrogens is 420 g/mol. The fraction of sp³-hybridized carbons (Fsp3) is 0.250. The molecule has 2 unspecified atom stereocenters. The number of hydrogen-bond acceptors (Lipinski definition) is 2. The molecule has 3 rings (SSSR count). The summed E-state index contributed by atoms with van der Waals surface area (Å²) >= 11 is 0. The van der Waals surface area contributed by atoms with Gasteiger partial charge in [0.05, 0.1) is 7.11 Å². The third-order valence-electron chi connectivity index (χ3n) is 4.79. The summed E-state index contributed by atoms with van der Waals surface area (Å²) < 4.78 is 28.0. The number of carbonyl (C=O) groups is 1. The van der Waals surface area contributed by atoms with Gasteiger partial charge in [0.1, 0.15) is 5.75 Å². The normalized spacial score (nSPS) is 14.1. The second kappa shape index (κ2) is 17.3. The van der Waals surface area contributed by atoms with Crippen molar-refractivity contribution in [1.82, 2.24) is 0 Å². The van der Waals surface area contributed by atoms with Crippen LogP contribution in [0.15, 0.2) is 61.2 Å². The van der Waals surface area contributed by atoms with Crippen LogP contribution in [0.5, 0.6) is 5.75 Å². The molecule has 0 heterocycles. The fourth-order valence-corrected chi connectivity index (χ4v) is 3.66. The number of fused-ring (bicyclic) bond motifs is 1. The molecule has 2 atom stereocenters. The van der Waals surface area contributed by atoms with Gasteiger partial charge in [-0.1, -0.05) is 48.5 Å². The number of rotatable bonds is 5. The molecule has 0 radical (unpaired) electrons. The number of carbonyl (C=O) groups excluding carboxylic acids is 1. The zero-order valence-corrected chi connectivity index (χ0v) is 17.9. The van der Waals surface area contributed by atoms with Gasteiger partial charge in [0.15, 0.2) is 5.78 Å². The summed E-state index contributed by atoms with van der Waals surface area (Å²) in [5.41, 5.74) is 3.16. The third-order valence-corrected chi connectivity index (χ3v) is 4.79. The van der Waals surface area contributed by atoms with Gasteiger partial charge < -0.3 is 4.74 Å². The van der Waals surface area contributed by atoms with Gasteiger partial charge >= 0.3 is 33.9 Å². The number of hydrogen-bond donors (Lipinski definition) is 0. The third kappa shape index (κ3) is 7.34. The Morgan fingerprint density at radius 3 is 2.23 bits per heavy atom. The van der Waals surface area contributed by atoms with Crippen LogP contribution in [-0.4, -0.2) is 12.9 Å². The number of para-hydroxylation sites is 1. The van der Waals surface area contributed by atoms with E-state index < -0.39 is 0 Å². The minimum absolute atomic E-state index is 0. The van der Waals surface area contributed by atoms with Crippen molar-refractivity contribution in [3.8, 4) is 5.75 Å². The van der Waals surface area contributed by atoms with Crippen molar-refractivity contribution in [1.29, 1.82) is 0 Å². The minimum Gasteiger partial charge on any atom is 0 e. The van der Waals surface area contributed by atoms with E-state index >= 15 is 0 Å². The maximum atomic E-state index is 13.0. The summed E-state index contributed by atoms with van der Waals surface area (Å²) in [6.45, 7) is 17.4. The molecule has 0 aromatic heterocycles. The molecule has 2 aromatic rings. The molecular formula is C24H22CrO5. The van der Waals surface area contributed by atoms with Gasteiger partial charge in [0, 0.05) is 34.8 Å². The quantitative estimate of drug-likeness (QED) is 0.382. The van der Waals surface area contributed by atoms with Gasteiger partial charge in [0.25, 0.3) is 0 Å². The average Bonchev–Trinajstić information content (AvgIpc) is 2.82. The summed E-state index contributed by atoms with van der Waals surface area (Å²) in [5.74, 6) is 1.21. The molecule has 0 N–H and O–H groups in total. The summed E-state index contributed by atoms with van der Waals surface area (Å²) in [6.07, 6.45) is 4.52. The molecule has 0 spiro atoms. The Balaban J connectivity index is 0. The van der Waals surface area contributed by atoms with Crippen LogP contribution in [0, 0.1) is 25.9 Å². The summed E-state index contributed by atoms with van der Waals surface area (Å²) in [7, 11) is 1.68. The maximum Gasteiger partial charge on any atom is 0 e. The van der Waals surface area contributed by atoms with Crippen LogP contribution in [0.4, 0.5) is 0 Å². The first-order valence-electron chi connectivity index (χ1n) is 8.73. The molecule has 0 saturated carbocycles. The van der Waals surface area contributed by atoms with Crippen LogP contribution >= 0.6 is 0 Å². The smallest absolute Gasteiger partial charge is 0 e. The Bertz CT molecular complexity index is 840. The first kappa shape index (κ1) is 29.6. The minimum atomic E-state index is -0.0146. The van der Waals surface area contributed by atoms with Crippen LogP contribution in [0.2, 0.25) is 0 Å². The van der Waals surface area contributed by atoms with E-state index in [2.05, 4.69) is 38.7 Å². The van der Waals surface area contributed by atoms with Crippen LogP contribution in [0.1, 0.15) is 40.2 Å². The number of allylic oxidation sites excluding steroid dienone is 1. The Kier molecular flexibility index (Phi) is 17.0. The van der Waals surface area contributed by atoms with E-state index in [4.69, 9.17) is 18.7 Å². The first-order valence-corrected chi connectivity index (χ1v) is 8.73. The van der Waals surface area contributed by atoms with Crippen molar-refractivity contribution < 1.29 is 40.8 Å². The van der Waals surface area contributed by atoms with Gasteiger partial charge in [-0.15, -0.1) is 6.58 Å². The summed E-state index contributed by atoms with van der Waals surface area (Å²) in [5, 5.41) is 0. The standard InChI is InChI=1S/C21H22O2.3CO.Cr/c1-3-8-17(18-11-6-7-12-20(18)23-2)19-14-13-15-9-4-5-10-16(15)21(19)22;3*1-2;/h3-7,9-12,17,19H,1,8,13-14H2,2H3;;;;. The van der Waals surface area contributed by atoms with Crippen molar-refractivity contribution >= 4 is 5.78 Å². The first-order chi connectivity index (χ1) is 14.3. The van der Waals surface area contributed by atoms with E-state index in [1.165, 1.54) is 5.56 Å². The topological polar surface area (TPSA) is 86.0 Å². The predicted octanol–water partition coefficient (Wildman–Crippen LogP) is 4.69. The maximum absolute atomic E-state index is 13.0. The van der Waals surface area contributed by atoms with E-state index in [9.17, 15) is 4.79 Å². The van der Waals surface area contributed by atoms with E-state index in [1.807, 2.05) is 42.5 Å². The predicted molar refractivity (Wildman–Crippen MR) is 105 cm³/mol. The van der Waals surface area contributed by atoms with E-state index in [1.54, 1.807) is 7.11 Å². The molecule has 0 amide bonds. The molecule has 2 aromatic carbocycles. The van der Waals surface area contributed by atoms with Crippen molar-refractivity contribution in [2.24, 2.45) is 5.92 Å². The monoisotopic (exact) mass is 442 g/mol. The van der Waals surface area contributed by atoms with Gasteiger partial charge in [-0.25, -0.2) is 0 Å². The van der Waals surface area contributed by atoms with Crippen LogP contribution in [-0.2, 0) is 37.7 Å². The van der Waals surface area contributed by atoms with E-state index in [0.717, 1.165) is 36.1 Å². The zero-order valence-electron chi connectivity index (χ0n) is 16.6. The molecule has 5 nitrogen and oxygen atoms in total. The molecule has 1 aliphatic carbocycles. The molecule has 0 aliphatic heterocycles. The van der Waals surface area contributed by atoms with Crippen LogP contribution < -0.4 is 4.74 Å². The number of Topliss-reactive ketones (excluding diaryl/α,β-unsaturated/α-hetero) is 1. The van der Waals surface area contributed by atoms with E-state index in [0.29, 0.717) is 0 Å². The van der Waals surface area contributed by atoms with Gasteiger partial charge in [-0.3, -0.25) is 4.79 Å². The summed E-state index contributed by atoms with van der Waals surface area (Å²) in [6, 6.07) is 16.0. The number of aryl methyl sites for hydroxylation is 1. The molecule has 30 heavy (non-hydrogen) atoms. The molecule has 6 heteroatoms. The fourth-order valence-electron chi connectivity index (χ4n) is 3.66. The van der Waals surface area contributed by atoms with Crippen LogP contribution in [0.25, 0.3) is 0 Å². The number of methoxy groups -OCH3 is 1. The van der Waals surface area contributed by atoms with Crippen molar-refractivity contribution in [3.63, 3.8) is 0 Å². The second-order valence-electron chi connectivity index (χ2n) is 6.04. The molecule has 154 valence electrons. The Labute approximate surface area is 188 Å². The Morgan fingerprint density at radius 2 is 1.63 bits per heavy atom.